The number of aromatic nitrogens is 2. The molecule has 0 spiro atoms. The molecule has 1 unspecified atom stereocenters. The van der Waals surface area contributed by atoms with E-state index in [0.717, 1.165) is 11.8 Å². The first kappa shape index (κ1) is 22.0. The van der Waals surface area contributed by atoms with Crippen LogP contribution in [0, 0.1) is 0 Å². The molecule has 1 aromatic heterocycles. The number of aryl methyl sites for hydroxylation is 1. The molecule has 2 heterocycles. The van der Waals surface area contributed by atoms with Crippen LogP contribution in [0.3, 0.4) is 0 Å². The van der Waals surface area contributed by atoms with E-state index in [-0.39, 0.29) is 31.3 Å². The molecule has 0 radical (unpaired) electrons. The second kappa shape index (κ2) is 9.40. The smallest absolute Gasteiger partial charge is 0.289 e. The number of rotatable bonds is 3. The van der Waals surface area contributed by atoms with Gasteiger partial charge in [0.15, 0.2) is 5.82 Å². The van der Waals surface area contributed by atoms with Gasteiger partial charge in [-0.3, -0.25) is 9.59 Å². The summed E-state index contributed by atoms with van der Waals surface area (Å²) in [6, 6.07) is 8.55. The molecule has 0 bridgehead atoms. The Morgan fingerprint density at radius 3 is 2.53 bits per heavy atom. The van der Waals surface area contributed by atoms with E-state index in [9.17, 15) is 18.0 Å². The van der Waals surface area contributed by atoms with Crippen LogP contribution in [0.2, 0.25) is 0 Å². The summed E-state index contributed by atoms with van der Waals surface area (Å²) >= 11 is 0. The molecule has 1 saturated heterocycles. The standard InChI is InChI=1S/C20H27N5O4S/c1-23-13-9-22-19(23)20(27)24-11-6-12-25(30(2,28)29)17(15-18(26)21-10-14-24)16-7-4-3-5-8-16/h3-5,7-9,13,17H,6,10-12,14-15H2,1-2H3,(H,21,26). The lowest BCUT2D eigenvalue weighted by Gasteiger charge is -2.30. The largest absolute Gasteiger partial charge is 0.354 e. The zero-order valence-corrected chi connectivity index (χ0v) is 18.0. The van der Waals surface area contributed by atoms with Crippen molar-refractivity contribution in [1.29, 1.82) is 0 Å². The van der Waals surface area contributed by atoms with E-state index in [0.29, 0.717) is 25.3 Å². The van der Waals surface area contributed by atoms with Gasteiger partial charge in [-0.05, 0) is 12.0 Å². The number of sulfonamides is 1. The van der Waals surface area contributed by atoms with Crippen LogP contribution in [0.1, 0.15) is 35.1 Å². The number of hydrogen-bond donors (Lipinski definition) is 1. The first-order valence-electron chi connectivity index (χ1n) is 9.82. The van der Waals surface area contributed by atoms with E-state index in [2.05, 4.69) is 10.3 Å². The van der Waals surface area contributed by atoms with Gasteiger partial charge in [-0.25, -0.2) is 13.4 Å². The third-order valence-electron chi connectivity index (χ3n) is 5.15. The molecule has 1 atom stereocenters. The minimum Gasteiger partial charge on any atom is -0.354 e. The molecule has 2 aromatic rings. The molecule has 10 heteroatoms. The molecule has 1 N–H and O–H groups in total. The average molecular weight is 434 g/mol. The number of nitrogens with one attached hydrogen (secondary N) is 1. The molecule has 162 valence electrons. The van der Waals surface area contributed by atoms with Crippen molar-refractivity contribution in [2.75, 3.05) is 32.4 Å². The van der Waals surface area contributed by atoms with Crippen molar-refractivity contribution in [2.24, 2.45) is 7.05 Å². The number of hydrogen-bond acceptors (Lipinski definition) is 5. The summed E-state index contributed by atoms with van der Waals surface area (Å²) in [5, 5.41) is 2.82. The predicted octanol–water partition coefficient (Wildman–Crippen LogP) is 0.775. The second-order valence-corrected chi connectivity index (χ2v) is 9.30. The van der Waals surface area contributed by atoms with E-state index >= 15 is 0 Å². The van der Waals surface area contributed by atoms with Crippen molar-refractivity contribution in [3.05, 3.63) is 54.1 Å². The number of carbonyl (C=O) groups excluding carboxylic acids is 2. The number of carbonyl (C=O) groups is 2. The van der Waals surface area contributed by atoms with E-state index < -0.39 is 16.1 Å². The quantitative estimate of drug-likeness (QED) is 0.770. The summed E-state index contributed by atoms with van der Waals surface area (Å²) in [5.41, 5.74) is 0.762. The monoisotopic (exact) mass is 433 g/mol. The number of nitrogens with zero attached hydrogens (tertiary/aromatic N) is 4. The first-order valence-corrected chi connectivity index (χ1v) is 11.7. The van der Waals surface area contributed by atoms with Gasteiger partial charge in [-0.2, -0.15) is 4.31 Å². The van der Waals surface area contributed by atoms with Crippen LogP contribution < -0.4 is 5.32 Å². The Labute approximate surface area is 176 Å². The van der Waals surface area contributed by atoms with Gasteiger partial charge in [0.2, 0.25) is 15.9 Å². The Bertz CT molecular complexity index is 990. The van der Waals surface area contributed by atoms with Crippen molar-refractivity contribution in [3.63, 3.8) is 0 Å². The van der Waals surface area contributed by atoms with Gasteiger partial charge in [0, 0.05) is 52.0 Å². The van der Waals surface area contributed by atoms with Gasteiger partial charge < -0.3 is 14.8 Å². The van der Waals surface area contributed by atoms with Crippen molar-refractivity contribution in [3.8, 4) is 0 Å². The van der Waals surface area contributed by atoms with E-state index in [4.69, 9.17) is 0 Å². The van der Waals surface area contributed by atoms with Gasteiger partial charge >= 0.3 is 0 Å². The van der Waals surface area contributed by atoms with Gasteiger partial charge in [-0.1, -0.05) is 30.3 Å². The summed E-state index contributed by atoms with van der Waals surface area (Å²) in [7, 11) is -1.84. The molecule has 2 amide bonds. The van der Waals surface area contributed by atoms with Gasteiger partial charge in [-0.15, -0.1) is 0 Å². The van der Waals surface area contributed by atoms with Crippen LogP contribution in [0.15, 0.2) is 42.7 Å². The molecule has 0 aliphatic carbocycles. The summed E-state index contributed by atoms with van der Waals surface area (Å²) < 4.78 is 28.1. The highest BCUT2D eigenvalue weighted by Crippen LogP contribution is 2.27. The number of imidazole rings is 1. The minimum atomic E-state index is -3.58. The lowest BCUT2D eigenvalue weighted by Crippen LogP contribution is -2.40. The van der Waals surface area contributed by atoms with Crippen molar-refractivity contribution < 1.29 is 18.0 Å². The summed E-state index contributed by atoms with van der Waals surface area (Å²) in [4.78, 5) is 31.2. The first-order chi connectivity index (χ1) is 14.3. The maximum atomic E-state index is 12.9. The Kier molecular flexibility index (Phi) is 6.88. The highest BCUT2D eigenvalue weighted by atomic mass is 32.2. The molecular formula is C20H27N5O4S. The van der Waals surface area contributed by atoms with Gasteiger partial charge in [0.05, 0.1) is 12.3 Å². The lowest BCUT2D eigenvalue weighted by molar-refractivity contribution is -0.122. The van der Waals surface area contributed by atoms with Gasteiger partial charge in [0.1, 0.15) is 0 Å². The average Bonchev–Trinajstić information content (AvgIpc) is 3.11. The molecule has 1 aliphatic rings. The minimum absolute atomic E-state index is 0.0182. The predicted molar refractivity (Wildman–Crippen MR) is 112 cm³/mol. The topological polar surface area (TPSA) is 105 Å². The van der Waals surface area contributed by atoms with Crippen LogP contribution in [-0.4, -0.2) is 71.4 Å². The van der Waals surface area contributed by atoms with Crippen molar-refractivity contribution in [2.45, 2.75) is 18.9 Å². The summed E-state index contributed by atoms with van der Waals surface area (Å²) in [5.74, 6) is -0.205. The van der Waals surface area contributed by atoms with Crippen LogP contribution in [0.5, 0.6) is 0 Å². The fraction of sp³-hybridized carbons (Fsp3) is 0.450. The maximum Gasteiger partial charge on any atom is 0.289 e. The van der Waals surface area contributed by atoms with Crippen LogP contribution in [0.25, 0.3) is 0 Å². The number of amides is 2. The van der Waals surface area contributed by atoms with Crippen LogP contribution in [-0.2, 0) is 21.9 Å². The molecule has 1 aliphatic heterocycles. The summed E-state index contributed by atoms with van der Waals surface area (Å²) in [6.07, 6.45) is 4.86. The zero-order chi connectivity index (χ0) is 21.7. The molecule has 0 saturated carbocycles. The van der Waals surface area contributed by atoms with E-state index in [1.807, 2.05) is 30.3 Å². The highest BCUT2D eigenvalue weighted by molar-refractivity contribution is 7.88. The molecule has 9 nitrogen and oxygen atoms in total. The Balaban J connectivity index is 1.86. The molecule has 1 aromatic carbocycles. The van der Waals surface area contributed by atoms with Crippen molar-refractivity contribution >= 4 is 21.8 Å². The molecular weight excluding hydrogens is 406 g/mol. The maximum absolute atomic E-state index is 12.9. The highest BCUT2D eigenvalue weighted by Gasteiger charge is 2.31. The van der Waals surface area contributed by atoms with Crippen molar-refractivity contribution in [1.82, 2.24) is 24.1 Å². The van der Waals surface area contributed by atoms with Gasteiger partial charge in [0.25, 0.3) is 5.91 Å². The SMILES string of the molecule is Cn1ccnc1C(=O)N1CCCN(S(C)(=O)=O)C(c2ccccc2)CC(=O)NCC1. The zero-order valence-electron chi connectivity index (χ0n) is 17.2. The fourth-order valence-electron chi connectivity index (χ4n) is 3.64. The lowest BCUT2D eigenvalue weighted by atomic mass is 10.0. The van der Waals surface area contributed by atoms with E-state index in [1.165, 1.54) is 4.31 Å². The Morgan fingerprint density at radius 2 is 1.90 bits per heavy atom. The molecule has 30 heavy (non-hydrogen) atoms. The Hall–Kier alpha value is -2.72. The van der Waals surface area contributed by atoms with Crippen LogP contribution >= 0.6 is 0 Å². The number of benzene rings is 1. The van der Waals surface area contributed by atoms with E-state index in [1.54, 1.807) is 28.9 Å². The molecule has 3 rings (SSSR count). The normalized spacial score (nSPS) is 19.7. The van der Waals surface area contributed by atoms with Crippen LogP contribution in [0.4, 0.5) is 0 Å². The third kappa shape index (κ3) is 5.25. The Morgan fingerprint density at radius 1 is 1.17 bits per heavy atom. The second-order valence-electron chi connectivity index (χ2n) is 7.36. The molecule has 1 fully saturated rings. The summed E-state index contributed by atoms with van der Waals surface area (Å²) in [6.45, 7) is 1.17. The third-order valence-corrected chi connectivity index (χ3v) is 6.44. The fourth-order valence-corrected chi connectivity index (χ4v) is 4.76.